The van der Waals surface area contributed by atoms with Gasteiger partial charge in [0.2, 0.25) is 5.91 Å². The summed E-state index contributed by atoms with van der Waals surface area (Å²) in [5, 5.41) is 0. The molecule has 0 unspecified atom stereocenters. The molecule has 0 aliphatic carbocycles. The second-order valence-corrected chi connectivity index (χ2v) is 4.79. The monoisotopic (exact) mass is 261 g/mol. The van der Waals surface area contributed by atoms with Gasteiger partial charge in [-0.2, -0.15) is 0 Å². The standard InChI is InChI=1S/C16H23NO2/c1-5-17(6-2)16(19)10-9-15(18)14-8-7-12(3)13(4)11-14/h7-8,11H,5-6,9-10H2,1-4H3. The quantitative estimate of drug-likeness (QED) is 0.738. The molecule has 0 atom stereocenters. The van der Waals surface area contributed by atoms with Crippen molar-refractivity contribution in [1.82, 2.24) is 4.90 Å². The number of nitrogens with zero attached hydrogens (tertiary/aromatic N) is 1. The van der Waals surface area contributed by atoms with Gasteiger partial charge in [-0.1, -0.05) is 12.1 Å². The SMILES string of the molecule is CCN(CC)C(=O)CCC(=O)c1ccc(C)c(C)c1. The number of benzene rings is 1. The molecular weight excluding hydrogens is 238 g/mol. The maximum Gasteiger partial charge on any atom is 0.223 e. The topological polar surface area (TPSA) is 37.4 Å². The van der Waals surface area contributed by atoms with E-state index in [-0.39, 0.29) is 18.1 Å². The highest BCUT2D eigenvalue weighted by atomic mass is 16.2. The predicted octanol–water partition coefficient (Wildman–Crippen LogP) is 3.13. The van der Waals surface area contributed by atoms with E-state index in [2.05, 4.69) is 0 Å². The summed E-state index contributed by atoms with van der Waals surface area (Å²) in [6, 6.07) is 5.70. The summed E-state index contributed by atoms with van der Waals surface area (Å²) in [4.78, 5) is 25.6. The summed E-state index contributed by atoms with van der Waals surface area (Å²) in [6.07, 6.45) is 0.589. The van der Waals surface area contributed by atoms with E-state index in [1.54, 1.807) is 4.90 Å². The molecule has 0 aliphatic rings. The Hall–Kier alpha value is -1.64. The largest absolute Gasteiger partial charge is 0.343 e. The zero-order valence-electron chi connectivity index (χ0n) is 12.3. The lowest BCUT2D eigenvalue weighted by molar-refractivity contribution is -0.130. The predicted molar refractivity (Wildman–Crippen MR) is 77.4 cm³/mol. The van der Waals surface area contributed by atoms with Crippen molar-refractivity contribution < 1.29 is 9.59 Å². The third-order valence-electron chi connectivity index (χ3n) is 3.51. The molecular formula is C16H23NO2. The van der Waals surface area contributed by atoms with Crippen LogP contribution >= 0.6 is 0 Å². The Labute approximate surface area is 115 Å². The minimum Gasteiger partial charge on any atom is -0.343 e. The van der Waals surface area contributed by atoms with Gasteiger partial charge in [0, 0.05) is 31.5 Å². The molecule has 1 amide bonds. The molecule has 104 valence electrons. The van der Waals surface area contributed by atoms with Crippen LogP contribution in [0.2, 0.25) is 0 Å². The molecule has 3 nitrogen and oxygen atoms in total. The van der Waals surface area contributed by atoms with E-state index in [0.717, 1.165) is 5.56 Å². The minimum atomic E-state index is 0.0450. The molecule has 0 fully saturated rings. The van der Waals surface area contributed by atoms with Crippen molar-refractivity contribution >= 4 is 11.7 Å². The van der Waals surface area contributed by atoms with Crippen molar-refractivity contribution in [2.24, 2.45) is 0 Å². The second kappa shape index (κ2) is 7.07. The van der Waals surface area contributed by atoms with Gasteiger partial charge in [0.15, 0.2) is 5.78 Å². The number of amides is 1. The number of hydrogen-bond acceptors (Lipinski definition) is 2. The van der Waals surface area contributed by atoms with Crippen molar-refractivity contribution in [1.29, 1.82) is 0 Å². The number of carbonyl (C=O) groups is 2. The van der Waals surface area contributed by atoms with E-state index >= 15 is 0 Å². The van der Waals surface area contributed by atoms with Crippen LogP contribution in [0.3, 0.4) is 0 Å². The molecule has 0 radical (unpaired) electrons. The summed E-state index contributed by atoms with van der Waals surface area (Å²) >= 11 is 0. The van der Waals surface area contributed by atoms with E-state index in [4.69, 9.17) is 0 Å². The Bertz CT molecular complexity index is 462. The van der Waals surface area contributed by atoms with E-state index in [1.165, 1.54) is 5.56 Å². The number of hydrogen-bond donors (Lipinski definition) is 0. The molecule has 0 aliphatic heterocycles. The van der Waals surface area contributed by atoms with Crippen LogP contribution in [0, 0.1) is 13.8 Å². The number of rotatable bonds is 6. The average Bonchev–Trinajstić information content (AvgIpc) is 2.40. The van der Waals surface area contributed by atoms with Crippen molar-refractivity contribution in [3.63, 3.8) is 0 Å². The Balaban J connectivity index is 2.60. The lowest BCUT2D eigenvalue weighted by Gasteiger charge is -2.18. The van der Waals surface area contributed by atoms with Crippen molar-refractivity contribution in [3.05, 3.63) is 34.9 Å². The van der Waals surface area contributed by atoms with Gasteiger partial charge < -0.3 is 4.90 Å². The lowest BCUT2D eigenvalue weighted by Crippen LogP contribution is -2.30. The normalized spacial score (nSPS) is 10.3. The number of aryl methyl sites for hydroxylation is 2. The molecule has 0 bridgehead atoms. The molecule has 1 aromatic rings. The first-order chi connectivity index (χ1) is 8.99. The van der Waals surface area contributed by atoms with Crippen LogP contribution in [-0.4, -0.2) is 29.7 Å². The fourth-order valence-corrected chi connectivity index (χ4v) is 2.01. The van der Waals surface area contributed by atoms with Crippen molar-refractivity contribution in [2.75, 3.05) is 13.1 Å². The van der Waals surface area contributed by atoms with Gasteiger partial charge in [0.05, 0.1) is 0 Å². The van der Waals surface area contributed by atoms with Crippen LogP contribution < -0.4 is 0 Å². The summed E-state index contributed by atoms with van der Waals surface area (Å²) in [7, 11) is 0. The molecule has 1 aromatic carbocycles. The molecule has 0 spiro atoms. The second-order valence-electron chi connectivity index (χ2n) is 4.79. The first-order valence-corrected chi connectivity index (χ1v) is 6.87. The zero-order chi connectivity index (χ0) is 14.4. The van der Waals surface area contributed by atoms with Gasteiger partial charge in [0.25, 0.3) is 0 Å². The Morgan fingerprint density at radius 1 is 1.00 bits per heavy atom. The van der Waals surface area contributed by atoms with Gasteiger partial charge in [0.1, 0.15) is 0 Å². The maximum atomic E-state index is 12.0. The Kier molecular flexibility index (Phi) is 5.74. The molecule has 0 saturated carbocycles. The van der Waals surface area contributed by atoms with Gasteiger partial charge in [-0.05, 0) is 44.9 Å². The van der Waals surface area contributed by atoms with Gasteiger partial charge >= 0.3 is 0 Å². The van der Waals surface area contributed by atoms with Crippen LogP contribution in [0.15, 0.2) is 18.2 Å². The van der Waals surface area contributed by atoms with Crippen molar-refractivity contribution in [2.45, 2.75) is 40.5 Å². The minimum absolute atomic E-state index is 0.0450. The summed E-state index contributed by atoms with van der Waals surface area (Å²) in [5.41, 5.74) is 2.99. The molecule has 3 heteroatoms. The summed E-state index contributed by atoms with van der Waals surface area (Å²) in [5.74, 6) is 0.103. The van der Waals surface area contributed by atoms with E-state index in [1.807, 2.05) is 45.9 Å². The fourth-order valence-electron chi connectivity index (χ4n) is 2.01. The van der Waals surface area contributed by atoms with Gasteiger partial charge in [-0.25, -0.2) is 0 Å². The van der Waals surface area contributed by atoms with Crippen LogP contribution in [0.5, 0.6) is 0 Å². The molecule has 0 aromatic heterocycles. The maximum absolute atomic E-state index is 12.0. The summed E-state index contributed by atoms with van der Waals surface area (Å²) < 4.78 is 0. The van der Waals surface area contributed by atoms with Gasteiger partial charge in [-0.3, -0.25) is 9.59 Å². The van der Waals surface area contributed by atoms with Crippen LogP contribution in [0.25, 0.3) is 0 Å². The molecule has 1 rings (SSSR count). The highest BCUT2D eigenvalue weighted by molar-refractivity contribution is 5.98. The Morgan fingerprint density at radius 2 is 1.63 bits per heavy atom. The fraction of sp³-hybridized carbons (Fsp3) is 0.500. The first-order valence-electron chi connectivity index (χ1n) is 6.87. The van der Waals surface area contributed by atoms with E-state index in [0.29, 0.717) is 25.1 Å². The molecule has 0 saturated heterocycles. The molecule has 0 N–H and O–H groups in total. The smallest absolute Gasteiger partial charge is 0.223 e. The highest BCUT2D eigenvalue weighted by Gasteiger charge is 2.13. The number of ketones is 1. The number of Topliss-reactive ketones (excluding diaryl/α,β-unsaturated/α-hetero) is 1. The highest BCUT2D eigenvalue weighted by Crippen LogP contribution is 2.13. The van der Waals surface area contributed by atoms with Crippen LogP contribution in [-0.2, 0) is 4.79 Å². The van der Waals surface area contributed by atoms with E-state index < -0.39 is 0 Å². The third kappa shape index (κ3) is 4.19. The first kappa shape index (κ1) is 15.4. The molecule has 0 heterocycles. The summed E-state index contributed by atoms with van der Waals surface area (Å²) in [6.45, 7) is 9.32. The lowest BCUT2D eigenvalue weighted by atomic mass is 10.0. The van der Waals surface area contributed by atoms with E-state index in [9.17, 15) is 9.59 Å². The van der Waals surface area contributed by atoms with Crippen LogP contribution in [0.4, 0.5) is 0 Å². The average molecular weight is 261 g/mol. The van der Waals surface area contributed by atoms with Gasteiger partial charge in [-0.15, -0.1) is 0 Å². The van der Waals surface area contributed by atoms with Crippen LogP contribution in [0.1, 0.15) is 48.2 Å². The molecule has 19 heavy (non-hydrogen) atoms. The Morgan fingerprint density at radius 3 is 2.16 bits per heavy atom. The van der Waals surface area contributed by atoms with Crippen molar-refractivity contribution in [3.8, 4) is 0 Å². The zero-order valence-corrected chi connectivity index (χ0v) is 12.3. The number of carbonyl (C=O) groups excluding carboxylic acids is 2. The third-order valence-corrected chi connectivity index (χ3v) is 3.51.